The predicted molar refractivity (Wildman–Crippen MR) is 112 cm³/mol. The first-order chi connectivity index (χ1) is 14.4. The van der Waals surface area contributed by atoms with Gasteiger partial charge >= 0.3 is 0 Å². The number of carbonyl (C=O) groups is 4. The summed E-state index contributed by atoms with van der Waals surface area (Å²) in [5.74, 6) is -1.04. The van der Waals surface area contributed by atoms with Crippen LogP contribution in [0.15, 0.2) is 36.4 Å². The minimum atomic E-state index is -0.301. The van der Waals surface area contributed by atoms with Gasteiger partial charge in [0.2, 0.25) is 0 Å². The highest BCUT2D eigenvalue weighted by molar-refractivity contribution is 6.22. The third kappa shape index (κ3) is 3.32. The third-order valence-corrected chi connectivity index (χ3v) is 5.83. The Labute approximate surface area is 175 Å². The molecule has 0 spiro atoms. The normalized spacial score (nSPS) is 15.3. The van der Waals surface area contributed by atoms with Gasteiger partial charge in [0.1, 0.15) is 0 Å². The van der Waals surface area contributed by atoms with Crippen LogP contribution in [-0.4, -0.2) is 47.0 Å². The minimum Gasteiger partial charge on any atom is -0.277 e. The van der Waals surface area contributed by atoms with Crippen molar-refractivity contribution in [3.05, 3.63) is 69.8 Å². The van der Waals surface area contributed by atoms with E-state index in [0.29, 0.717) is 35.2 Å². The number of hydrogen-bond acceptors (Lipinski definition) is 4. The highest BCUT2D eigenvalue weighted by atomic mass is 16.2. The van der Waals surface area contributed by atoms with Gasteiger partial charge in [0, 0.05) is 13.6 Å². The average molecular weight is 404 g/mol. The number of benzene rings is 2. The van der Waals surface area contributed by atoms with Gasteiger partial charge in [-0.25, -0.2) is 0 Å². The van der Waals surface area contributed by atoms with E-state index < -0.39 is 0 Å². The Morgan fingerprint density at radius 3 is 1.83 bits per heavy atom. The van der Waals surface area contributed by atoms with E-state index in [4.69, 9.17) is 0 Å². The van der Waals surface area contributed by atoms with Crippen molar-refractivity contribution in [2.45, 2.75) is 39.0 Å². The molecule has 4 amide bonds. The number of unbranched alkanes of at least 4 members (excludes halogenated alkanes) is 3. The van der Waals surface area contributed by atoms with Crippen LogP contribution >= 0.6 is 0 Å². The van der Waals surface area contributed by atoms with E-state index in [1.54, 1.807) is 24.3 Å². The number of fused-ring (bicyclic) bond motifs is 2. The summed E-state index contributed by atoms with van der Waals surface area (Å²) in [5, 5.41) is 0. The van der Waals surface area contributed by atoms with E-state index in [-0.39, 0.29) is 23.6 Å². The number of hydrogen-bond donors (Lipinski definition) is 0. The van der Waals surface area contributed by atoms with E-state index in [1.165, 1.54) is 11.9 Å². The largest absolute Gasteiger partial charge is 0.277 e. The second-order valence-corrected chi connectivity index (χ2v) is 7.93. The van der Waals surface area contributed by atoms with Crippen molar-refractivity contribution in [2.24, 2.45) is 0 Å². The zero-order valence-corrected chi connectivity index (χ0v) is 17.2. The lowest BCUT2D eigenvalue weighted by Crippen LogP contribution is -2.30. The molecule has 30 heavy (non-hydrogen) atoms. The smallest absolute Gasteiger partial charge is 0.261 e. The van der Waals surface area contributed by atoms with Crippen LogP contribution in [0, 0.1) is 0 Å². The van der Waals surface area contributed by atoms with Gasteiger partial charge in [-0.05, 0) is 48.2 Å². The van der Waals surface area contributed by atoms with Crippen LogP contribution in [0.4, 0.5) is 0 Å². The summed E-state index contributed by atoms with van der Waals surface area (Å²) in [6.45, 7) is 2.58. The average Bonchev–Trinajstić information content (AvgIpc) is 3.11. The van der Waals surface area contributed by atoms with Crippen LogP contribution in [-0.2, 0) is 6.42 Å². The molecular weight excluding hydrogens is 380 g/mol. The number of carbonyl (C=O) groups excluding carboxylic acids is 4. The molecule has 2 aliphatic heterocycles. The Bertz CT molecular complexity index is 1070. The SMILES string of the molecule is CCCCCCN1C(=O)c2ccc(Cc3ccc4c(c3)C(=O)N(C)C4=O)cc2C1=O. The second-order valence-electron chi connectivity index (χ2n) is 7.93. The van der Waals surface area contributed by atoms with E-state index in [0.717, 1.165) is 41.7 Å². The van der Waals surface area contributed by atoms with Gasteiger partial charge in [-0.2, -0.15) is 0 Å². The van der Waals surface area contributed by atoms with E-state index in [1.807, 2.05) is 12.1 Å². The van der Waals surface area contributed by atoms with Crippen molar-refractivity contribution in [1.29, 1.82) is 0 Å². The highest BCUT2D eigenvalue weighted by Crippen LogP contribution is 2.27. The van der Waals surface area contributed by atoms with Gasteiger partial charge in [-0.1, -0.05) is 38.3 Å². The molecule has 6 nitrogen and oxygen atoms in total. The maximum atomic E-state index is 12.8. The number of nitrogens with zero attached hydrogens (tertiary/aromatic N) is 2. The third-order valence-electron chi connectivity index (χ3n) is 5.83. The monoisotopic (exact) mass is 404 g/mol. The maximum Gasteiger partial charge on any atom is 0.261 e. The van der Waals surface area contributed by atoms with Gasteiger partial charge in [0.25, 0.3) is 23.6 Å². The molecule has 2 aliphatic rings. The Hall–Kier alpha value is -3.28. The molecule has 0 aromatic heterocycles. The molecule has 0 aliphatic carbocycles. The molecule has 0 atom stereocenters. The van der Waals surface area contributed by atoms with Gasteiger partial charge in [0.15, 0.2) is 0 Å². The fraction of sp³-hybridized carbons (Fsp3) is 0.333. The molecule has 6 heteroatoms. The van der Waals surface area contributed by atoms with E-state index in [2.05, 4.69) is 6.92 Å². The summed E-state index contributed by atoms with van der Waals surface area (Å²) in [6.07, 6.45) is 4.53. The summed E-state index contributed by atoms with van der Waals surface area (Å²) in [5.41, 5.74) is 3.48. The molecule has 2 aromatic rings. The molecule has 0 N–H and O–H groups in total. The van der Waals surface area contributed by atoms with E-state index >= 15 is 0 Å². The first-order valence-corrected chi connectivity index (χ1v) is 10.4. The first-order valence-electron chi connectivity index (χ1n) is 10.4. The second kappa shape index (κ2) is 7.86. The topological polar surface area (TPSA) is 74.8 Å². The molecule has 2 heterocycles. The summed E-state index contributed by atoms with van der Waals surface area (Å²) < 4.78 is 0. The van der Waals surface area contributed by atoms with Crippen LogP contribution in [0.25, 0.3) is 0 Å². The quantitative estimate of drug-likeness (QED) is 0.521. The standard InChI is InChI=1S/C24H24N2O4/c1-3-4-5-6-11-26-23(29)18-10-8-16(14-20(18)24(26)30)12-15-7-9-17-19(13-15)22(28)25(2)21(17)27/h7-10,13-14H,3-6,11-12H2,1-2H3. The molecule has 0 radical (unpaired) electrons. The molecule has 0 saturated heterocycles. The first kappa shape index (κ1) is 20.0. The fourth-order valence-corrected chi connectivity index (χ4v) is 4.10. The van der Waals surface area contributed by atoms with Gasteiger partial charge in [0.05, 0.1) is 22.3 Å². The molecular formula is C24H24N2O4. The Morgan fingerprint density at radius 1 is 0.667 bits per heavy atom. The van der Waals surface area contributed by atoms with Crippen LogP contribution in [0.1, 0.15) is 85.2 Å². The fourth-order valence-electron chi connectivity index (χ4n) is 4.10. The summed E-state index contributed by atoms with van der Waals surface area (Å²) >= 11 is 0. The number of imide groups is 2. The van der Waals surface area contributed by atoms with Crippen LogP contribution < -0.4 is 0 Å². The Kier molecular flexibility index (Phi) is 5.24. The lowest BCUT2D eigenvalue weighted by atomic mass is 9.98. The predicted octanol–water partition coefficient (Wildman–Crippen LogP) is 3.68. The lowest BCUT2D eigenvalue weighted by Gasteiger charge is -2.13. The van der Waals surface area contributed by atoms with Crippen molar-refractivity contribution in [3.8, 4) is 0 Å². The minimum absolute atomic E-state index is 0.220. The van der Waals surface area contributed by atoms with Crippen LogP contribution in [0.3, 0.4) is 0 Å². The Morgan fingerprint density at radius 2 is 1.20 bits per heavy atom. The molecule has 0 fully saturated rings. The summed E-state index contributed by atoms with van der Waals surface area (Å²) in [4.78, 5) is 52.1. The van der Waals surface area contributed by atoms with Gasteiger partial charge < -0.3 is 0 Å². The molecule has 2 aromatic carbocycles. The zero-order valence-electron chi connectivity index (χ0n) is 17.2. The number of amides is 4. The van der Waals surface area contributed by atoms with Gasteiger partial charge in [-0.15, -0.1) is 0 Å². The van der Waals surface area contributed by atoms with Crippen molar-refractivity contribution in [3.63, 3.8) is 0 Å². The van der Waals surface area contributed by atoms with Crippen molar-refractivity contribution in [1.82, 2.24) is 9.80 Å². The lowest BCUT2D eigenvalue weighted by molar-refractivity contribution is 0.0646. The van der Waals surface area contributed by atoms with Crippen molar-refractivity contribution < 1.29 is 19.2 Å². The van der Waals surface area contributed by atoms with Crippen molar-refractivity contribution in [2.75, 3.05) is 13.6 Å². The number of rotatable bonds is 7. The highest BCUT2D eigenvalue weighted by Gasteiger charge is 2.35. The Balaban J connectivity index is 1.52. The van der Waals surface area contributed by atoms with Crippen molar-refractivity contribution >= 4 is 23.6 Å². The summed E-state index contributed by atoms with van der Waals surface area (Å²) in [7, 11) is 1.47. The van der Waals surface area contributed by atoms with E-state index in [9.17, 15) is 19.2 Å². The van der Waals surface area contributed by atoms with Gasteiger partial charge in [-0.3, -0.25) is 29.0 Å². The van der Waals surface area contributed by atoms with Crippen LogP contribution in [0.2, 0.25) is 0 Å². The molecule has 4 rings (SSSR count). The maximum absolute atomic E-state index is 12.8. The molecule has 0 unspecified atom stereocenters. The summed E-state index contributed by atoms with van der Waals surface area (Å²) in [6, 6.07) is 10.6. The van der Waals surface area contributed by atoms with Crippen LogP contribution in [0.5, 0.6) is 0 Å². The molecule has 154 valence electrons. The zero-order chi connectivity index (χ0) is 21.4. The molecule has 0 saturated carbocycles. The molecule has 0 bridgehead atoms.